The van der Waals surface area contributed by atoms with Gasteiger partial charge in [-0.25, -0.2) is 4.79 Å². The van der Waals surface area contributed by atoms with Crippen LogP contribution in [-0.4, -0.2) is 61.5 Å². The van der Waals surface area contributed by atoms with E-state index in [0.717, 1.165) is 0 Å². The minimum absolute atomic E-state index is 0.0635. The molecule has 1 aliphatic carbocycles. The van der Waals surface area contributed by atoms with E-state index < -0.39 is 0 Å². The van der Waals surface area contributed by atoms with Crippen molar-refractivity contribution >= 4 is 11.9 Å². The fraction of sp³-hybridized carbons (Fsp3) is 0.875. The topological polar surface area (TPSA) is 78.7 Å². The number of nitrogens with zero attached hydrogens (tertiary/aromatic N) is 2. The summed E-state index contributed by atoms with van der Waals surface area (Å²) in [5.41, 5.74) is 5.32. The van der Waals surface area contributed by atoms with E-state index in [0.29, 0.717) is 38.0 Å². The number of hydrogen-bond donors (Lipinski definition) is 2. The van der Waals surface area contributed by atoms with E-state index in [1.54, 1.807) is 4.90 Å². The predicted molar refractivity (Wildman–Crippen MR) is 86.3 cm³/mol. The zero-order valence-corrected chi connectivity index (χ0v) is 13.9. The van der Waals surface area contributed by atoms with Crippen LogP contribution in [0, 0.1) is 11.8 Å². The Morgan fingerprint density at radius 3 is 2.45 bits per heavy atom. The highest BCUT2D eigenvalue weighted by Gasteiger charge is 2.31. The van der Waals surface area contributed by atoms with Gasteiger partial charge in [0.05, 0.1) is 5.92 Å². The molecular weight excluding hydrogens is 280 g/mol. The smallest absolute Gasteiger partial charge is 0.317 e. The van der Waals surface area contributed by atoms with E-state index in [4.69, 9.17) is 5.73 Å². The minimum Gasteiger partial charge on any atom is -0.369 e. The van der Waals surface area contributed by atoms with Crippen LogP contribution in [-0.2, 0) is 4.79 Å². The molecule has 3 N–H and O–H groups in total. The van der Waals surface area contributed by atoms with Gasteiger partial charge in [0.25, 0.3) is 0 Å². The van der Waals surface area contributed by atoms with Crippen molar-refractivity contribution in [1.29, 1.82) is 0 Å². The van der Waals surface area contributed by atoms with Crippen molar-refractivity contribution in [2.75, 3.05) is 33.7 Å². The number of primary amides is 1. The molecule has 2 aliphatic rings. The van der Waals surface area contributed by atoms with E-state index in [1.807, 2.05) is 0 Å². The Bertz CT molecular complexity index is 394. The predicted octanol–water partition coefficient (Wildman–Crippen LogP) is 1.01. The third kappa shape index (κ3) is 4.35. The molecule has 3 amide bonds. The van der Waals surface area contributed by atoms with Crippen LogP contribution in [0.25, 0.3) is 0 Å². The molecular formula is C16H30N4O2. The molecule has 1 heterocycles. The first-order valence-corrected chi connectivity index (χ1v) is 8.47. The molecule has 0 bridgehead atoms. The summed E-state index contributed by atoms with van der Waals surface area (Å²) in [7, 11) is 4.18. The van der Waals surface area contributed by atoms with E-state index >= 15 is 0 Å². The first-order chi connectivity index (χ1) is 10.5. The minimum atomic E-state index is -0.302. The number of hydrogen-bond acceptors (Lipinski definition) is 3. The fourth-order valence-electron chi connectivity index (χ4n) is 3.77. The lowest BCUT2D eigenvalue weighted by atomic mass is 9.83. The Balaban J connectivity index is 1.81. The number of nitrogens with one attached hydrogen (secondary N) is 1. The molecule has 1 saturated carbocycles. The zero-order valence-electron chi connectivity index (χ0n) is 13.9. The molecule has 22 heavy (non-hydrogen) atoms. The van der Waals surface area contributed by atoms with E-state index in [2.05, 4.69) is 24.3 Å². The van der Waals surface area contributed by atoms with Gasteiger partial charge in [0, 0.05) is 25.7 Å². The Morgan fingerprint density at radius 1 is 1.23 bits per heavy atom. The zero-order chi connectivity index (χ0) is 16.1. The normalized spacial score (nSPS) is 24.5. The molecule has 2 atom stereocenters. The monoisotopic (exact) mass is 310 g/mol. The van der Waals surface area contributed by atoms with Gasteiger partial charge in [-0.1, -0.05) is 19.3 Å². The van der Waals surface area contributed by atoms with E-state index in [9.17, 15) is 9.59 Å². The first-order valence-electron chi connectivity index (χ1n) is 8.47. The average molecular weight is 310 g/mol. The van der Waals surface area contributed by atoms with Crippen LogP contribution in [0.4, 0.5) is 4.79 Å². The summed E-state index contributed by atoms with van der Waals surface area (Å²) in [5.74, 6) is 0.179. The molecule has 2 rings (SSSR count). The summed E-state index contributed by atoms with van der Waals surface area (Å²) in [5, 5.41) is 3.06. The van der Waals surface area contributed by atoms with Crippen molar-refractivity contribution in [2.45, 2.75) is 44.6 Å². The fourth-order valence-corrected chi connectivity index (χ4v) is 3.77. The standard InChI is InChI=1S/C16H30N4O2/c1-19(2)14(12-6-4-3-5-7-12)10-18-16(22)20-9-8-13(11-20)15(17)21/h12-14H,3-11H2,1-2H3,(H2,17,21)(H,18,22). The molecule has 0 aromatic heterocycles. The van der Waals surface area contributed by atoms with Gasteiger partial charge in [0.1, 0.15) is 0 Å². The number of urea groups is 1. The highest BCUT2D eigenvalue weighted by Crippen LogP contribution is 2.28. The number of likely N-dealkylation sites (N-methyl/N-ethyl adjacent to an activating group) is 1. The number of rotatable bonds is 5. The second-order valence-electron chi connectivity index (χ2n) is 6.95. The van der Waals surface area contributed by atoms with Gasteiger partial charge in [-0.05, 0) is 39.3 Å². The number of carbonyl (C=O) groups excluding carboxylic acids is 2. The number of likely N-dealkylation sites (tertiary alicyclic amines) is 1. The number of nitrogens with two attached hydrogens (primary N) is 1. The van der Waals surface area contributed by atoms with Crippen LogP contribution < -0.4 is 11.1 Å². The molecule has 6 heteroatoms. The van der Waals surface area contributed by atoms with Gasteiger partial charge < -0.3 is 20.9 Å². The third-order valence-electron chi connectivity index (χ3n) is 5.20. The molecule has 2 unspecified atom stereocenters. The highest BCUT2D eigenvalue weighted by molar-refractivity contribution is 5.80. The van der Waals surface area contributed by atoms with Gasteiger partial charge >= 0.3 is 6.03 Å². The van der Waals surface area contributed by atoms with Crippen molar-refractivity contribution in [3.8, 4) is 0 Å². The molecule has 0 radical (unpaired) electrons. The molecule has 0 aromatic rings. The van der Waals surface area contributed by atoms with Crippen LogP contribution in [0.2, 0.25) is 0 Å². The summed E-state index contributed by atoms with van der Waals surface area (Å²) >= 11 is 0. The summed E-state index contributed by atoms with van der Waals surface area (Å²) in [6.07, 6.45) is 7.14. The van der Waals surface area contributed by atoms with Crippen molar-refractivity contribution in [2.24, 2.45) is 17.6 Å². The highest BCUT2D eigenvalue weighted by atomic mass is 16.2. The summed E-state index contributed by atoms with van der Waals surface area (Å²) in [4.78, 5) is 27.4. The first kappa shape index (κ1) is 17.1. The maximum atomic E-state index is 12.3. The SMILES string of the molecule is CN(C)C(CNC(=O)N1CCC(C(N)=O)C1)C1CCCCC1. The van der Waals surface area contributed by atoms with Crippen LogP contribution in [0.5, 0.6) is 0 Å². The van der Waals surface area contributed by atoms with E-state index in [-0.39, 0.29) is 17.9 Å². The van der Waals surface area contributed by atoms with E-state index in [1.165, 1.54) is 32.1 Å². The maximum absolute atomic E-state index is 12.3. The molecule has 126 valence electrons. The molecule has 1 saturated heterocycles. The Hall–Kier alpha value is -1.30. The van der Waals surface area contributed by atoms with Gasteiger partial charge in [-0.3, -0.25) is 4.79 Å². The Labute approximate surface area is 133 Å². The maximum Gasteiger partial charge on any atom is 0.317 e. The second-order valence-corrected chi connectivity index (χ2v) is 6.95. The lowest BCUT2D eigenvalue weighted by Gasteiger charge is -2.35. The largest absolute Gasteiger partial charge is 0.369 e. The molecule has 0 aromatic carbocycles. The average Bonchev–Trinajstić information content (AvgIpc) is 2.98. The third-order valence-corrected chi connectivity index (χ3v) is 5.20. The van der Waals surface area contributed by atoms with Crippen LogP contribution in [0.15, 0.2) is 0 Å². The summed E-state index contributed by atoms with van der Waals surface area (Å²) in [6, 6.07) is 0.324. The second kappa shape index (κ2) is 7.81. The quantitative estimate of drug-likeness (QED) is 0.795. The van der Waals surface area contributed by atoms with Crippen LogP contribution in [0.1, 0.15) is 38.5 Å². The molecule has 1 aliphatic heterocycles. The molecule has 6 nitrogen and oxygen atoms in total. The van der Waals surface area contributed by atoms with Crippen molar-refractivity contribution < 1.29 is 9.59 Å². The Morgan fingerprint density at radius 2 is 1.91 bits per heavy atom. The van der Waals surface area contributed by atoms with Crippen LogP contribution >= 0.6 is 0 Å². The molecule has 0 spiro atoms. The van der Waals surface area contributed by atoms with Gasteiger partial charge in [-0.2, -0.15) is 0 Å². The van der Waals surface area contributed by atoms with Crippen LogP contribution in [0.3, 0.4) is 0 Å². The molecule has 2 fully saturated rings. The number of amides is 3. The van der Waals surface area contributed by atoms with Gasteiger partial charge in [-0.15, -0.1) is 0 Å². The van der Waals surface area contributed by atoms with Crippen molar-refractivity contribution in [1.82, 2.24) is 15.1 Å². The summed E-state index contributed by atoms with van der Waals surface area (Å²) in [6.45, 7) is 1.75. The summed E-state index contributed by atoms with van der Waals surface area (Å²) < 4.78 is 0. The lowest BCUT2D eigenvalue weighted by Crippen LogP contribution is -2.48. The van der Waals surface area contributed by atoms with Gasteiger partial charge in [0.15, 0.2) is 0 Å². The Kier molecular flexibility index (Phi) is 6.06. The number of carbonyl (C=O) groups is 2. The van der Waals surface area contributed by atoms with Crippen molar-refractivity contribution in [3.63, 3.8) is 0 Å². The van der Waals surface area contributed by atoms with Gasteiger partial charge in [0.2, 0.25) is 5.91 Å². The van der Waals surface area contributed by atoms with Crippen molar-refractivity contribution in [3.05, 3.63) is 0 Å². The lowest BCUT2D eigenvalue weighted by molar-refractivity contribution is -0.121.